The minimum absolute atomic E-state index is 0.199. The molecule has 2 aliphatic rings. The van der Waals surface area contributed by atoms with E-state index < -0.39 is 0 Å². The lowest BCUT2D eigenvalue weighted by Gasteiger charge is -2.47. The zero-order chi connectivity index (χ0) is 12.3. The highest BCUT2D eigenvalue weighted by molar-refractivity contribution is 4.96. The summed E-state index contributed by atoms with van der Waals surface area (Å²) >= 11 is 0. The van der Waals surface area contributed by atoms with Crippen molar-refractivity contribution in [2.24, 2.45) is 5.92 Å². The first-order valence-electron chi connectivity index (χ1n) is 7.15. The van der Waals surface area contributed by atoms with E-state index in [2.05, 4.69) is 19.2 Å². The molecular formula is C14H27NO2. The molecule has 1 saturated carbocycles. The summed E-state index contributed by atoms with van der Waals surface area (Å²) in [6, 6.07) is 0.547. The number of aliphatic hydroxyl groups excluding tert-OH is 1. The predicted octanol–water partition coefficient (Wildman–Crippen LogP) is 2.08. The lowest BCUT2D eigenvalue weighted by Crippen LogP contribution is -2.51. The lowest BCUT2D eigenvalue weighted by atomic mass is 9.74. The zero-order valence-electron chi connectivity index (χ0n) is 11.2. The molecule has 3 heteroatoms. The van der Waals surface area contributed by atoms with Crippen molar-refractivity contribution in [3.05, 3.63) is 0 Å². The van der Waals surface area contributed by atoms with Crippen LogP contribution in [0.2, 0.25) is 0 Å². The van der Waals surface area contributed by atoms with Crippen LogP contribution in [0.4, 0.5) is 0 Å². The van der Waals surface area contributed by atoms with E-state index in [1.165, 1.54) is 19.3 Å². The van der Waals surface area contributed by atoms with Crippen molar-refractivity contribution in [2.45, 2.75) is 70.1 Å². The van der Waals surface area contributed by atoms with Gasteiger partial charge in [0.2, 0.25) is 0 Å². The number of hydrogen-bond donors (Lipinski definition) is 2. The number of aliphatic hydroxyl groups is 1. The summed E-state index contributed by atoms with van der Waals surface area (Å²) < 4.78 is 5.90. The maximum absolute atomic E-state index is 9.86. The van der Waals surface area contributed by atoms with E-state index >= 15 is 0 Å². The van der Waals surface area contributed by atoms with Crippen molar-refractivity contribution in [1.29, 1.82) is 0 Å². The molecular weight excluding hydrogens is 214 g/mol. The van der Waals surface area contributed by atoms with Crippen LogP contribution in [0, 0.1) is 5.92 Å². The molecule has 2 N–H and O–H groups in total. The Hall–Kier alpha value is -0.120. The van der Waals surface area contributed by atoms with Gasteiger partial charge in [-0.25, -0.2) is 0 Å². The van der Waals surface area contributed by atoms with Gasteiger partial charge in [0.1, 0.15) is 0 Å². The van der Waals surface area contributed by atoms with E-state index in [1.807, 2.05) is 0 Å². The molecule has 0 aromatic rings. The van der Waals surface area contributed by atoms with Gasteiger partial charge in [0.25, 0.3) is 0 Å². The standard InChI is InChI=1S/C14H27NO2/c1-11(2)8-13(16)10-15-12-4-7-17-14(9-12)5-3-6-14/h11-13,15-16H,3-10H2,1-2H3. The Kier molecular flexibility index (Phi) is 4.45. The molecule has 100 valence electrons. The fourth-order valence-electron chi connectivity index (χ4n) is 3.05. The first-order valence-corrected chi connectivity index (χ1v) is 7.15. The number of hydrogen-bond acceptors (Lipinski definition) is 3. The number of nitrogens with one attached hydrogen (secondary N) is 1. The van der Waals surface area contributed by atoms with Crippen molar-refractivity contribution in [3.8, 4) is 0 Å². The molecule has 1 aliphatic carbocycles. The van der Waals surface area contributed by atoms with Gasteiger partial charge < -0.3 is 15.2 Å². The molecule has 0 bridgehead atoms. The third-order valence-electron chi connectivity index (χ3n) is 4.14. The molecule has 3 nitrogen and oxygen atoms in total. The van der Waals surface area contributed by atoms with Crippen molar-refractivity contribution in [1.82, 2.24) is 5.32 Å². The Morgan fingerprint density at radius 3 is 2.76 bits per heavy atom. The quantitative estimate of drug-likeness (QED) is 0.774. The molecule has 1 heterocycles. The highest BCUT2D eigenvalue weighted by atomic mass is 16.5. The van der Waals surface area contributed by atoms with Crippen molar-refractivity contribution < 1.29 is 9.84 Å². The van der Waals surface area contributed by atoms with E-state index in [0.29, 0.717) is 12.0 Å². The van der Waals surface area contributed by atoms with E-state index in [9.17, 15) is 5.11 Å². The molecule has 2 fully saturated rings. The van der Waals surface area contributed by atoms with Gasteiger partial charge in [0, 0.05) is 19.2 Å². The van der Waals surface area contributed by atoms with Crippen molar-refractivity contribution in [3.63, 3.8) is 0 Å². The topological polar surface area (TPSA) is 41.5 Å². The van der Waals surface area contributed by atoms with Crippen LogP contribution < -0.4 is 5.32 Å². The molecule has 2 rings (SSSR count). The zero-order valence-corrected chi connectivity index (χ0v) is 11.2. The van der Waals surface area contributed by atoms with Crippen LogP contribution in [0.5, 0.6) is 0 Å². The SMILES string of the molecule is CC(C)CC(O)CNC1CCOC2(CCC2)C1. The first kappa shape index (κ1) is 13.3. The molecule has 1 spiro atoms. The van der Waals surface area contributed by atoms with Gasteiger partial charge in [-0.3, -0.25) is 0 Å². The Morgan fingerprint density at radius 1 is 1.41 bits per heavy atom. The smallest absolute Gasteiger partial charge is 0.0697 e. The molecule has 2 atom stereocenters. The summed E-state index contributed by atoms with van der Waals surface area (Å²) in [6.45, 7) is 5.93. The fraction of sp³-hybridized carbons (Fsp3) is 1.00. The van der Waals surface area contributed by atoms with E-state index in [4.69, 9.17) is 4.74 Å². The summed E-state index contributed by atoms with van der Waals surface area (Å²) in [5.74, 6) is 0.569. The maximum Gasteiger partial charge on any atom is 0.0697 e. The van der Waals surface area contributed by atoms with Crippen LogP contribution in [-0.2, 0) is 4.74 Å². The molecule has 2 unspecified atom stereocenters. The Morgan fingerprint density at radius 2 is 2.18 bits per heavy atom. The summed E-state index contributed by atoms with van der Waals surface area (Å²) in [4.78, 5) is 0. The second kappa shape index (κ2) is 5.68. The van der Waals surface area contributed by atoms with Crippen LogP contribution in [-0.4, -0.2) is 36.0 Å². The molecule has 0 amide bonds. The number of rotatable bonds is 5. The van der Waals surface area contributed by atoms with Crippen LogP contribution in [0.25, 0.3) is 0 Å². The minimum Gasteiger partial charge on any atom is -0.392 e. The normalized spacial score (nSPS) is 29.3. The Balaban J connectivity index is 1.68. The second-order valence-electron chi connectivity index (χ2n) is 6.27. The van der Waals surface area contributed by atoms with Crippen LogP contribution in [0.3, 0.4) is 0 Å². The van der Waals surface area contributed by atoms with Crippen LogP contribution >= 0.6 is 0 Å². The third-order valence-corrected chi connectivity index (χ3v) is 4.14. The largest absolute Gasteiger partial charge is 0.392 e. The predicted molar refractivity (Wildman–Crippen MR) is 69.0 cm³/mol. The number of ether oxygens (including phenoxy) is 1. The van der Waals surface area contributed by atoms with Gasteiger partial charge in [-0.15, -0.1) is 0 Å². The van der Waals surface area contributed by atoms with Gasteiger partial charge in [0.05, 0.1) is 11.7 Å². The van der Waals surface area contributed by atoms with E-state index in [-0.39, 0.29) is 11.7 Å². The maximum atomic E-state index is 9.86. The summed E-state index contributed by atoms with van der Waals surface area (Å²) in [5, 5.41) is 13.4. The summed E-state index contributed by atoms with van der Waals surface area (Å²) in [7, 11) is 0. The fourth-order valence-corrected chi connectivity index (χ4v) is 3.05. The van der Waals surface area contributed by atoms with Gasteiger partial charge in [0.15, 0.2) is 0 Å². The molecule has 17 heavy (non-hydrogen) atoms. The van der Waals surface area contributed by atoms with Gasteiger partial charge in [-0.05, 0) is 44.4 Å². The van der Waals surface area contributed by atoms with Crippen LogP contribution in [0.1, 0.15) is 52.4 Å². The summed E-state index contributed by atoms with van der Waals surface area (Å²) in [5.41, 5.74) is 0.207. The average Bonchev–Trinajstić information content (AvgIpc) is 2.24. The average molecular weight is 241 g/mol. The highest BCUT2D eigenvalue weighted by Crippen LogP contribution is 2.42. The molecule has 0 aromatic carbocycles. The molecule has 0 radical (unpaired) electrons. The Bertz CT molecular complexity index is 238. The van der Waals surface area contributed by atoms with Gasteiger partial charge in [-0.2, -0.15) is 0 Å². The van der Waals surface area contributed by atoms with Crippen molar-refractivity contribution in [2.75, 3.05) is 13.2 Å². The van der Waals surface area contributed by atoms with Gasteiger partial charge >= 0.3 is 0 Å². The first-order chi connectivity index (χ1) is 8.10. The minimum atomic E-state index is -0.199. The van der Waals surface area contributed by atoms with Crippen LogP contribution in [0.15, 0.2) is 0 Å². The molecule has 1 aliphatic heterocycles. The monoisotopic (exact) mass is 241 g/mol. The molecule has 0 aromatic heterocycles. The summed E-state index contributed by atoms with van der Waals surface area (Å²) in [6.07, 6.45) is 6.72. The van der Waals surface area contributed by atoms with E-state index in [1.54, 1.807) is 0 Å². The van der Waals surface area contributed by atoms with Crippen molar-refractivity contribution >= 4 is 0 Å². The third kappa shape index (κ3) is 3.67. The lowest BCUT2D eigenvalue weighted by molar-refractivity contribution is -0.136. The Labute approximate surface area is 105 Å². The second-order valence-corrected chi connectivity index (χ2v) is 6.27. The van der Waals surface area contributed by atoms with Gasteiger partial charge in [-0.1, -0.05) is 13.8 Å². The van der Waals surface area contributed by atoms with E-state index in [0.717, 1.165) is 32.4 Å². The molecule has 1 saturated heterocycles. The highest BCUT2D eigenvalue weighted by Gasteiger charge is 2.42.